The Hall–Kier alpha value is -2.62. The Bertz CT molecular complexity index is 920. The number of rotatable bonds is 6. The largest absolute Gasteiger partial charge is 0.366 e. The highest BCUT2D eigenvalue weighted by Crippen LogP contribution is 2.24. The molecule has 132 valence electrons. The fourth-order valence-corrected chi connectivity index (χ4v) is 3.15. The molecule has 3 nitrogen and oxygen atoms in total. The number of carbonyl (C=O) groups is 1. The Morgan fingerprint density at radius 1 is 0.962 bits per heavy atom. The molecule has 0 atom stereocenters. The lowest BCUT2D eigenvalue weighted by molar-refractivity contribution is 0.1000. The minimum atomic E-state index is -0.402. The van der Waals surface area contributed by atoms with Crippen LogP contribution in [0.25, 0.3) is 11.1 Å². The Morgan fingerprint density at radius 3 is 2.35 bits per heavy atom. The minimum Gasteiger partial charge on any atom is -0.366 e. The summed E-state index contributed by atoms with van der Waals surface area (Å²) in [5, 5.41) is 4.18. The second-order valence-corrected chi connectivity index (χ2v) is 6.76. The zero-order chi connectivity index (χ0) is 18.5. The number of hydrogen-bond acceptors (Lipinski definition) is 2. The highest BCUT2D eigenvalue weighted by molar-refractivity contribution is 6.30. The third-order valence-corrected chi connectivity index (χ3v) is 4.56. The van der Waals surface area contributed by atoms with Crippen LogP contribution in [0.4, 0.5) is 0 Å². The number of amides is 1. The Kier molecular flexibility index (Phi) is 5.71. The number of primary amides is 1. The van der Waals surface area contributed by atoms with Crippen molar-refractivity contribution >= 4 is 17.5 Å². The molecule has 0 aliphatic rings. The molecule has 0 spiro atoms. The van der Waals surface area contributed by atoms with Gasteiger partial charge < -0.3 is 11.1 Å². The van der Waals surface area contributed by atoms with Crippen LogP contribution in [0.2, 0.25) is 5.02 Å². The first-order valence-electron chi connectivity index (χ1n) is 8.48. The molecule has 0 fully saturated rings. The van der Waals surface area contributed by atoms with E-state index < -0.39 is 5.91 Å². The van der Waals surface area contributed by atoms with E-state index in [0.717, 1.165) is 34.8 Å². The van der Waals surface area contributed by atoms with Gasteiger partial charge in [-0.2, -0.15) is 0 Å². The molecule has 0 aliphatic heterocycles. The highest BCUT2D eigenvalue weighted by Gasteiger charge is 2.06. The third kappa shape index (κ3) is 4.51. The quantitative estimate of drug-likeness (QED) is 0.665. The lowest BCUT2D eigenvalue weighted by atomic mass is 9.97. The summed E-state index contributed by atoms with van der Waals surface area (Å²) in [6, 6.07) is 21.8. The first kappa shape index (κ1) is 18.2. The summed E-state index contributed by atoms with van der Waals surface area (Å²) in [5.74, 6) is -0.402. The van der Waals surface area contributed by atoms with E-state index in [1.807, 2.05) is 37.3 Å². The molecule has 3 aromatic carbocycles. The summed E-state index contributed by atoms with van der Waals surface area (Å²) < 4.78 is 0. The maximum absolute atomic E-state index is 11.3. The second-order valence-electron chi connectivity index (χ2n) is 6.32. The van der Waals surface area contributed by atoms with Gasteiger partial charge in [0.2, 0.25) is 5.91 Å². The van der Waals surface area contributed by atoms with Crippen LogP contribution in [0.15, 0.2) is 66.7 Å². The number of carbonyl (C=O) groups excluding carboxylic acids is 1. The zero-order valence-electron chi connectivity index (χ0n) is 14.6. The number of benzene rings is 3. The van der Waals surface area contributed by atoms with Crippen LogP contribution in [0.1, 0.15) is 27.0 Å². The predicted molar refractivity (Wildman–Crippen MR) is 107 cm³/mol. The van der Waals surface area contributed by atoms with E-state index in [1.165, 1.54) is 11.1 Å². The highest BCUT2D eigenvalue weighted by atomic mass is 35.5. The summed E-state index contributed by atoms with van der Waals surface area (Å²) in [6.45, 7) is 3.55. The van der Waals surface area contributed by atoms with Crippen LogP contribution >= 0.6 is 11.6 Å². The van der Waals surface area contributed by atoms with Crippen molar-refractivity contribution in [3.8, 4) is 11.1 Å². The van der Waals surface area contributed by atoms with Crippen molar-refractivity contribution in [3.05, 3.63) is 94.0 Å². The monoisotopic (exact) mass is 364 g/mol. The summed E-state index contributed by atoms with van der Waals surface area (Å²) in [5.41, 5.74) is 11.5. The summed E-state index contributed by atoms with van der Waals surface area (Å²) in [4.78, 5) is 11.3. The predicted octanol–water partition coefficient (Wildman–Crippen LogP) is 4.70. The standard InChI is InChI=1S/C22H21ClN2O/c1-15-11-19(22(24)26)9-10-21(15)18-7-5-16(6-8-18)13-25-14-17-3-2-4-20(23)12-17/h2-12,25H,13-14H2,1H3,(H2,24,26). The molecular formula is C22H21ClN2O. The molecule has 3 aromatic rings. The van der Waals surface area contributed by atoms with Gasteiger partial charge in [-0.05, 0) is 59.0 Å². The van der Waals surface area contributed by atoms with Crippen LogP contribution < -0.4 is 11.1 Å². The smallest absolute Gasteiger partial charge is 0.248 e. The maximum atomic E-state index is 11.3. The van der Waals surface area contributed by atoms with Gasteiger partial charge in [-0.25, -0.2) is 0 Å². The molecule has 0 radical (unpaired) electrons. The molecule has 0 saturated heterocycles. The van der Waals surface area contributed by atoms with Crippen molar-refractivity contribution in [2.75, 3.05) is 0 Å². The summed E-state index contributed by atoms with van der Waals surface area (Å²) in [6.07, 6.45) is 0. The minimum absolute atomic E-state index is 0.402. The maximum Gasteiger partial charge on any atom is 0.248 e. The van der Waals surface area contributed by atoms with Crippen LogP contribution in [-0.4, -0.2) is 5.91 Å². The van der Waals surface area contributed by atoms with E-state index in [2.05, 4.69) is 35.6 Å². The Balaban J connectivity index is 1.64. The molecule has 0 saturated carbocycles. The van der Waals surface area contributed by atoms with Gasteiger partial charge in [0, 0.05) is 23.7 Å². The van der Waals surface area contributed by atoms with Crippen molar-refractivity contribution in [1.29, 1.82) is 0 Å². The normalized spacial score (nSPS) is 10.7. The number of nitrogens with two attached hydrogens (primary N) is 1. The van der Waals surface area contributed by atoms with Crippen molar-refractivity contribution in [3.63, 3.8) is 0 Å². The number of aryl methyl sites for hydroxylation is 1. The van der Waals surface area contributed by atoms with Crippen molar-refractivity contribution in [2.45, 2.75) is 20.0 Å². The van der Waals surface area contributed by atoms with Gasteiger partial charge in [0.1, 0.15) is 0 Å². The van der Waals surface area contributed by atoms with Crippen molar-refractivity contribution in [2.24, 2.45) is 5.73 Å². The fourth-order valence-electron chi connectivity index (χ4n) is 2.94. The average molecular weight is 365 g/mol. The van der Waals surface area contributed by atoms with E-state index in [-0.39, 0.29) is 0 Å². The first-order chi connectivity index (χ1) is 12.5. The summed E-state index contributed by atoms with van der Waals surface area (Å²) in [7, 11) is 0. The Morgan fingerprint density at radius 2 is 1.69 bits per heavy atom. The SMILES string of the molecule is Cc1cc(C(N)=O)ccc1-c1ccc(CNCc2cccc(Cl)c2)cc1. The molecule has 0 aromatic heterocycles. The lowest BCUT2D eigenvalue weighted by Crippen LogP contribution is -2.12. The van der Waals surface area contributed by atoms with Gasteiger partial charge >= 0.3 is 0 Å². The topological polar surface area (TPSA) is 55.1 Å². The Labute approximate surface area is 158 Å². The van der Waals surface area contributed by atoms with Crippen molar-refractivity contribution in [1.82, 2.24) is 5.32 Å². The lowest BCUT2D eigenvalue weighted by Gasteiger charge is -2.10. The average Bonchev–Trinajstić information content (AvgIpc) is 2.62. The number of halogens is 1. The number of hydrogen-bond donors (Lipinski definition) is 2. The van der Waals surface area contributed by atoms with E-state index in [1.54, 1.807) is 6.07 Å². The summed E-state index contributed by atoms with van der Waals surface area (Å²) >= 11 is 6.00. The zero-order valence-corrected chi connectivity index (χ0v) is 15.4. The molecule has 0 aliphatic carbocycles. The van der Waals surface area contributed by atoms with E-state index in [4.69, 9.17) is 17.3 Å². The van der Waals surface area contributed by atoms with Gasteiger partial charge in [-0.3, -0.25) is 4.79 Å². The second kappa shape index (κ2) is 8.17. The van der Waals surface area contributed by atoms with Crippen molar-refractivity contribution < 1.29 is 4.79 Å². The van der Waals surface area contributed by atoms with Gasteiger partial charge in [0.25, 0.3) is 0 Å². The molecule has 0 bridgehead atoms. The van der Waals surface area contributed by atoms with Gasteiger partial charge in [-0.15, -0.1) is 0 Å². The molecular weight excluding hydrogens is 344 g/mol. The third-order valence-electron chi connectivity index (χ3n) is 4.32. The molecule has 0 heterocycles. The van der Waals surface area contributed by atoms with Crippen LogP contribution in [0.5, 0.6) is 0 Å². The van der Waals surface area contributed by atoms with Gasteiger partial charge in [-0.1, -0.05) is 54.1 Å². The first-order valence-corrected chi connectivity index (χ1v) is 8.85. The van der Waals surface area contributed by atoms with E-state index in [9.17, 15) is 4.79 Å². The van der Waals surface area contributed by atoms with Gasteiger partial charge in [0.05, 0.1) is 0 Å². The van der Waals surface area contributed by atoms with Crippen LogP contribution in [0.3, 0.4) is 0 Å². The molecule has 1 amide bonds. The molecule has 0 unspecified atom stereocenters. The number of nitrogens with one attached hydrogen (secondary N) is 1. The van der Waals surface area contributed by atoms with Crippen LogP contribution in [0, 0.1) is 6.92 Å². The van der Waals surface area contributed by atoms with E-state index in [0.29, 0.717) is 5.56 Å². The van der Waals surface area contributed by atoms with Gasteiger partial charge in [0.15, 0.2) is 0 Å². The fraction of sp³-hybridized carbons (Fsp3) is 0.136. The van der Waals surface area contributed by atoms with E-state index >= 15 is 0 Å². The molecule has 4 heteroatoms. The molecule has 3 rings (SSSR count). The van der Waals surface area contributed by atoms with Crippen LogP contribution in [-0.2, 0) is 13.1 Å². The molecule has 3 N–H and O–H groups in total. The molecule has 26 heavy (non-hydrogen) atoms.